The maximum Gasteiger partial charge on any atom is 0.307 e. The summed E-state index contributed by atoms with van der Waals surface area (Å²) < 4.78 is 0. The van der Waals surface area contributed by atoms with Crippen molar-refractivity contribution in [3.63, 3.8) is 0 Å². The molecule has 0 bridgehead atoms. The van der Waals surface area contributed by atoms with Gasteiger partial charge in [0.05, 0.1) is 11.8 Å². The smallest absolute Gasteiger partial charge is 0.307 e. The van der Waals surface area contributed by atoms with Gasteiger partial charge in [-0.2, -0.15) is 0 Å². The second-order valence-electron chi connectivity index (χ2n) is 5.86. The van der Waals surface area contributed by atoms with Crippen LogP contribution < -0.4 is 0 Å². The molecule has 23 heavy (non-hydrogen) atoms. The van der Waals surface area contributed by atoms with Gasteiger partial charge in [0.15, 0.2) is 0 Å². The molecule has 0 amide bonds. The van der Waals surface area contributed by atoms with E-state index in [1.165, 1.54) is 0 Å². The van der Waals surface area contributed by atoms with E-state index >= 15 is 0 Å². The van der Waals surface area contributed by atoms with Crippen LogP contribution in [0.4, 0.5) is 0 Å². The largest absolute Gasteiger partial charge is 0.481 e. The second kappa shape index (κ2) is 10.8. The molecule has 5 nitrogen and oxygen atoms in total. The van der Waals surface area contributed by atoms with E-state index in [2.05, 4.69) is 0 Å². The van der Waals surface area contributed by atoms with E-state index in [1.54, 1.807) is 0 Å². The van der Waals surface area contributed by atoms with Crippen LogP contribution in [0.5, 0.6) is 0 Å². The lowest BCUT2D eigenvalue weighted by Crippen LogP contribution is -2.31. The zero-order valence-corrected chi connectivity index (χ0v) is 13.4. The molecule has 0 aliphatic heterocycles. The second-order valence-corrected chi connectivity index (χ2v) is 5.86. The number of carbonyl (C=O) groups is 2. The Balaban J connectivity index is 2.60. The van der Waals surface area contributed by atoms with Crippen LogP contribution in [-0.4, -0.2) is 33.9 Å². The molecule has 0 radical (unpaired) electrons. The first-order valence-corrected chi connectivity index (χ1v) is 8.16. The third-order valence-electron chi connectivity index (χ3n) is 4.09. The zero-order valence-electron chi connectivity index (χ0n) is 13.4. The van der Waals surface area contributed by atoms with Gasteiger partial charge in [-0.15, -0.1) is 0 Å². The molecular formula is C18H26O5. The predicted molar refractivity (Wildman–Crippen MR) is 87.2 cm³/mol. The van der Waals surface area contributed by atoms with Crippen LogP contribution in [0.15, 0.2) is 30.3 Å². The third-order valence-corrected chi connectivity index (χ3v) is 4.09. The number of aliphatic carboxylic acids is 2. The number of carboxylic acid groups (broad SMARTS) is 2. The molecule has 0 heterocycles. The summed E-state index contributed by atoms with van der Waals surface area (Å²) in [7, 11) is 0. The fraction of sp³-hybridized carbons (Fsp3) is 0.556. The Labute approximate surface area is 137 Å². The maximum atomic E-state index is 11.5. The minimum atomic E-state index is -1.05. The summed E-state index contributed by atoms with van der Waals surface area (Å²) in [6, 6.07) is 9.14. The highest BCUT2D eigenvalue weighted by molar-refractivity contribution is 5.80. The minimum absolute atomic E-state index is 0.177. The van der Waals surface area contributed by atoms with Crippen LogP contribution in [0, 0.1) is 11.8 Å². The van der Waals surface area contributed by atoms with Crippen molar-refractivity contribution in [3.8, 4) is 0 Å². The highest BCUT2D eigenvalue weighted by Gasteiger charge is 2.33. The average Bonchev–Trinajstić information content (AvgIpc) is 2.53. The quantitative estimate of drug-likeness (QED) is 0.514. The predicted octanol–water partition coefficient (Wildman–Crippen LogP) is 2.96. The summed E-state index contributed by atoms with van der Waals surface area (Å²) in [6.45, 7) is 0.177. The Bertz CT molecular complexity index is 472. The molecule has 0 spiro atoms. The Morgan fingerprint density at radius 1 is 0.826 bits per heavy atom. The van der Waals surface area contributed by atoms with Crippen LogP contribution in [-0.2, 0) is 16.0 Å². The van der Waals surface area contributed by atoms with E-state index in [0.29, 0.717) is 12.8 Å². The van der Waals surface area contributed by atoms with Crippen molar-refractivity contribution in [1.29, 1.82) is 0 Å². The number of aliphatic hydroxyl groups is 1. The monoisotopic (exact) mass is 322 g/mol. The van der Waals surface area contributed by atoms with Crippen molar-refractivity contribution >= 4 is 11.9 Å². The maximum absolute atomic E-state index is 11.5. The Morgan fingerprint density at radius 3 is 1.96 bits per heavy atom. The first-order chi connectivity index (χ1) is 11.1. The molecule has 1 aromatic carbocycles. The van der Waals surface area contributed by atoms with Crippen molar-refractivity contribution in [3.05, 3.63) is 35.9 Å². The van der Waals surface area contributed by atoms with Gasteiger partial charge in [-0.05, 0) is 24.8 Å². The van der Waals surface area contributed by atoms with Crippen LogP contribution >= 0.6 is 0 Å². The lowest BCUT2D eigenvalue weighted by molar-refractivity contribution is -0.154. The van der Waals surface area contributed by atoms with E-state index in [1.807, 2.05) is 30.3 Å². The summed E-state index contributed by atoms with van der Waals surface area (Å²) in [5, 5.41) is 27.6. The average molecular weight is 322 g/mol. The van der Waals surface area contributed by atoms with Crippen molar-refractivity contribution in [2.75, 3.05) is 6.61 Å². The number of hydrogen-bond donors (Lipinski definition) is 3. The number of carboxylic acids is 2. The number of benzene rings is 1. The van der Waals surface area contributed by atoms with E-state index in [4.69, 9.17) is 5.11 Å². The summed E-state index contributed by atoms with van der Waals surface area (Å²) in [5.41, 5.74) is 0.842. The van der Waals surface area contributed by atoms with E-state index < -0.39 is 23.8 Å². The molecule has 3 N–H and O–H groups in total. The molecular weight excluding hydrogens is 296 g/mol. The van der Waals surface area contributed by atoms with E-state index in [0.717, 1.165) is 31.2 Å². The zero-order chi connectivity index (χ0) is 17.1. The fourth-order valence-corrected chi connectivity index (χ4v) is 2.77. The van der Waals surface area contributed by atoms with Crippen LogP contribution in [0.2, 0.25) is 0 Å². The molecule has 0 saturated heterocycles. The highest BCUT2D eigenvalue weighted by atomic mass is 16.4. The number of unbranched alkanes of at least 4 members (excludes halogenated alkanes) is 4. The lowest BCUT2D eigenvalue weighted by atomic mass is 9.83. The van der Waals surface area contributed by atoms with Gasteiger partial charge >= 0.3 is 11.9 Å². The SMILES string of the molecule is O=C(O)[C@@H](Cc1ccccc1)[C@@H](CCCCCCCO)C(=O)O. The van der Waals surface area contributed by atoms with Gasteiger partial charge in [-0.25, -0.2) is 0 Å². The molecule has 1 rings (SSSR count). The van der Waals surface area contributed by atoms with Crippen LogP contribution in [0.25, 0.3) is 0 Å². The summed E-state index contributed by atoms with van der Waals surface area (Å²) >= 11 is 0. The standard InChI is InChI=1S/C18H26O5/c19-12-8-3-1-2-7-11-15(17(20)21)16(18(22)23)13-14-9-5-4-6-10-14/h4-6,9-10,15-16,19H,1-3,7-8,11-13H2,(H,20,21)(H,22,23)/t15-,16+/m1/s1. The molecule has 5 heteroatoms. The van der Waals surface area contributed by atoms with Crippen LogP contribution in [0.1, 0.15) is 44.1 Å². The lowest BCUT2D eigenvalue weighted by Gasteiger charge is -2.20. The fourth-order valence-electron chi connectivity index (χ4n) is 2.77. The Hall–Kier alpha value is -1.88. The molecule has 128 valence electrons. The number of aliphatic hydroxyl groups excluding tert-OH is 1. The van der Waals surface area contributed by atoms with Gasteiger partial charge < -0.3 is 15.3 Å². The molecule has 0 aromatic heterocycles. The van der Waals surface area contributed by atoms with E-state index in [9.17, 15) is 19.8 Å². The minimum Gasteiger partial charge on any atom is -0.481 e. The van der Waals surface area contributed by atoms with E-state index in [-0.39, 0.29) is 13.0 Å². The van der Waals surface area contributed by atoms with Crippen molar-refractivity contribution in [1.82, 2.24) is 0 Å². The molecule has 0 saturated carbocycles. The molecule has 0 aliphatic rings. The normalized spacial score (nSPS) is 13.4. The first kappa shape index (κ1) is 19.2. The molecule has 2 atom stereocenters. The Morgan fingerprint density at radius 2 is 1.39 bits per heavy atom. The summed E-state index contributed by atoms with van der Waals surface area (Å²) in [6.07, 6.45) is 4.77. The first-order valence-electron chi connectivity index (χ1n) is 8.16. The topological polar surface area (TPSA) is 94.8 Å². The van der Waals surface area contributed by atoms with Gasteiger partial charge in [0, 0.05) is 6.61 Å². The Kier molecular flexibility index (Phi) is 8.98. The highest BCUT2D eigenvalue weighted by Crippen LogP contribution is 2.24. The summed E-state index contributed by atoms with van der Waals surface area (Å²) in [4.78, 5) is 23.0. The number of rotatable bonds is 12. The summed E-state index contributed by atoms with van der Waals surface area (Å²) in [5.74, 6) is -3.87. The van der Waals surface area contributed by atoms with Gasteiger partial charge in [-0.1, -0.05) is 56.0 Å². The molecule has 0 unspecified atom stereocenters. The van der Waals surface area contributed by atoms with Gasteiger partial charge in [0.1, 0.15) is 0 Å². The van der Waals surface area contributed by atoms with Crippen molar-refractivity contribution in [2.24, 2.45) is 11.8 Å². The van der Waals surface area contributed by atoms with Gasteiger partial charge in [0.25, 0.3) is 0 Å². The van der Waals surface area contributed by atoms with Crippen molar-refractivity contribution in [2.45, 2.75) is 44.9 Å². The molecule has 0 fully saturated rings. The van der Waals surface area contributed by atoms with Crippen LogP contribution in [0.3, 0.4) is 0 Å². The number of hydrogen-bond acceptors (Lipinski definition) is 3. The molecule has 1 aromatic rings. The van der Waals surface area contributed by atoms with Gasteiger partial charge in [-0.3, -0.25) is 9.59 Å². The van der Waals surface area contributed by atoms with Crippen molar-refractivity contribution < 1.29 is 24.9 Å². The van der Waals surface area contributed by atoms with Gasteiger partial charge in [0.2, 0.25) is 0 Å². The molecule has 0 aliphatic carbocycles. The third kappa shape index (κ3) is 7.28.